The fourth-order valence-electron chi connectivity index (χ4n) is 3.10. The number of esters is 1. The molecule has 0 spiro atoms. The van der Waals surface area contributed by atoms with Gasteiger partial charge in [-0.1, -0.05) is 13.8 Å². The topological polar surface area (TPSA) is 29.5 Å². The fraction of sp³-hybridized carbons (Fsp3) is 0.409. The first kappa shape index (κ1) is 20.8. The van der Waals surface area contributed by atoms with E-state index in [1.165, 1.54) is 3.61 Å². The molecule has 0 aliphatic carbocycles. The summed E-state index contributed by atoms with van der Waals surface area (Å²) >= 11 is -0.619. The molecule has 140 valence electrons. The Hall–Kier alpha value is -1.50. The average molecular weight is 467 g/mol. The number of hydrogen-bond acceptors (Lipinski definition) is 3. The van der Waals surface area contributed by atoms with E-state index in [9.17, 15) is 4.79 Å². The van der Waals surface area contributed by atoms with Gasteiger partial charge in [-0.15, -0.1) is 0 Å². The van der Waals surface area contributed by atoms with Crippen LogP contribution in [0.4, 0.5) is 5.69 Å². The molecule has 0 saturated heterocycles. The zero-order valence-electron chi connectivity index (χ0n) is 16.4. The fourth-order valence-corrected chi connectivity index (χ4v) is 6.25. The third kappa shape index (κ3) is 4.61. The summed E-state index contributed by atoms with van der Waals surface area (Å²) < 4.78 is 7.04. The molecule has 0 aromatic heterocycles. The van der Waals surface area contributed by atoms with E-state index in [2.05, 4.69) is 49.9 Å². The van der Waals surface area contributed by atoms with Gasteiger partial charge in [0.15, 0.2) is 0 Å². The van der Waals surface area contributed by atoms with Crippen molar-refractivity contribution in [1.82, 2.24) is 0 Å². The van der Waals surface area contributed by atoms with Gasteiger partial charge in [0.25, 0.3) is 0 Å². The number of benzene rings is 2. The van der Waals surface area contributed by atoms with Gasteiger partial charge in [0.1, 0.15) is 0 Å². The van der Waals surface area contributed by atoms with E-state index < -0.39 is 20.9 Å². The van der Waals surface area contributed by atoms with Gasteiger partial charge in [0.05, 0.1) is 0 Å². The summed E-state index contributed by atoms with van der Waals surface area (Å²) in [7, 11) is 0. The van der Waals surface area contributed by atoms with Crippen molar-refractivity contribution < 1.29 is 9.53 Å². The maximum absolute atomic E-state index is 12.6. The molecular weight excluding hydrogens is 438 g/mol. The molecule has 0 radical (unpaired) electrons. The molecule has 1 aliphatic heterocycles. The number of hydrogen-bond donors (Lipinski definition) is 0. The Kier molecular flexibility index (Phi) is 8.00. The van der Waals surface area contributed by atoms with Crippen LogP contribution in [0.1, 0.15) is 46.1 Å². The second-order valence-electron chi connectivity index (χ2n) is 5.96. The molecule has 0 bridgehead atoms. The van der Waals surface area contributed by atoms with E-state index in [1.54, 1.807) is 0 Å². The number of rotatable bonds is 5. The molecule has 0 saturated carbocycles. The van der Waals surface area contributed by atoms with Gasteiger partial charge in [-0.3, -0.25) is 0 Å². The molecule has 0 amide bonds. The van der Waals surface area contributed by atoms with Gasteiger partial charge in [0.2, 0.25) is 0 Å². The van der Waals surface area contributed by atoms with Crippen molar-refractivity contribution in [1.29, 1.82) is 0 Å². The number of carbonyl (C=O) groups is 1. The van der Waals surface area contributed by atoms with Crippen LogP contribution in [-0.2, 0) is 4.79 Å². The number of nitrogens with zero attached hydrogens (tertiary/aromatic N) is 1. The molecule has 26 heavy (non-hydrogen) atoms. The molecule has 1 unspecified atom stereocenters. The first-order valence-electron chi connectivity index (χ1n) is 9.46. The quantitative estimate of drug-likeness (QED) is 0.371. The Bertz CT molecular complexity index is 713. The van der Waals surface area contributed by atoms with E-state index in [1.807, 2.05) is 38.1 Å². The molecule has 2 atom stereocenters. The molecule has 0 fully saturated rings. The normalized spacial score (nSPS) is 18.3. The maximum atomic E-state index is 12.6. The van der Waals surface area contributed by atoms with Crippen LogP contribution >= 0.6 is 0 Å². The van der Waals surface area contributed by atoms with Gasteiger partial charge >= 0.3 is 154 Å². The molecular formula is C22H29NO2Te. The van der Waals surface area contributed by atoms with Crippen molar-refractivity contribution in [2.75, 3.05) is 18.0 Å². The summed E-state index contributed by atoms with van der Waals surface area (Å²) in [5.41, 5.74) is 2.29. The summed E-state index contributed by atoms with van der Waals surface area (Å²) in [5, 5.41) is 0. The molecule has 4 heteroatoms. The van der Waals surface area contributed by atoms with Crippen LogP contribution in [0.5, 0.6) is 5.75 Å². The van der Waals surface area contributed by atoms with Crippen molar-refractivity contribution >= 4 is 36.2 Å². The van der Waals surface area contributed by atoms with Crippen molar-refractivity contribution in [3.05, 3.63) is 54.1 Å². The van der Waals surface area contributed by atoms with Gasteiger partial charge in [0, 0.05) is 0 Å². The Morgan fingerprint density at radius 1 is 1.04 bits per heavy atom. The summed E-state index contributed by atoms with van der Waals surface area (Å²) in [5.74, 6) is 0.904. The van der Waals surface area contributed by atoms with Crippen molar-refractivity contribution in [2.45, 2.75) is 44.5 Å². The second-order valence-corrected chi connectivity index (χ2v) is 9.42. The van der Waals surface area contributed by atoms with Gasteiger partial charge in [-0.05, 0) is 0 Å². The van der Waals surface area contributed by atoms with Crippen LogP contribution in [0.2, 0.25) is 3.97 Å². The molecule has 2 aromatic rings. The second kappa shape index (κ2) is 9.99. The average Bonchev–Trinajstić information content (AvgIpc) is 2.68. The standard InChI is InChI=1S/C20H23NO2Te.C2H6/c1-4-21(5-2)15-11-12-17-14(3)19(20(22)23-18(17)13-15)24-16-9-7-6-8-10-16;1-2/h6-14,19H,4-5H2,1-3H3;1-2H3/t14-,19?;/m1./s1. The monoisotopic (exact) mass is 469 g/mol. The number of fused-ring (bicyclic) bond motifs is 1. The van der Waals surface area contributed by atoms with E-state index in [4.69, 9.17) is 4.74 Å². The Labute approximate surface area is 167 Å². The Morgan fingerprint density at radius 2 is 1.69 bits per heavy atom. The van der Waals surface area contributed by atoms with Crippen LogP contribution < -0.4 is 13.2 Å². The van der Waals surface area contributed by atoms with Crippen molar-refractivity contribution in [3.63, 3.8) is 0 Å². The SMILES string of the molecule is CC.CCN(CC)c1ccc2c(c1)OC(=O)C([Te]c1ccccc1)[C@@H]2C. The van der Waals surface area contributed by atoms with Crippen LogP contribution in [-0.4, -0.2) is 40.0 Å². The number of carbonyl (C=O) groups excluding carboxylic acids is 1. The van der Waals surface area contributed by atoms with Gasteiger partial charge < -0.3 is 0 Å². The first-order valence-corrected chi connectivity index (χ1v) is 12.0. The number of ether oxygens (including phenoxy) is 1. The first-order chi connectivity index (χ1) is 12.6. The van der Waals surface area contributed by atoms with Gasteiger partial charge in [-0.25, -0.2) is 0 Å². The third-order valence-electron chi connectivity index (χ3n) is 4.52. The van der Waals surface area contributed by atoms with E-state index in [-0.39, 0.29) is 15.9 Å². The van der Waals surface area contributed by atoms with Crippen molar-refractivity contribution in [2.24, 2.45) is 0 Å². The molecule has 1 heterocycles. The van der Waals surface area contributed by atoms with Gasteiger partial charge in [-0.2, -0.15) is 0 Å². The van der Waals surface area contributed by atoms with E-state index in [0.29, 0.717) is 0 Å². The summed E-state index contributed by atoms with van der Waals surface area (Å²) in [4.78, 5) is 14.9. The minimum absolute atomic E-state index is 0.00426. The zero-order valence-corrected chi connectivity index (χ0v) is 18.7. The van der Waals surface area contributed by atoms with Crippen LogP contribution in [0.25, 0.3) is 0 Å². The van der Waals surface area contributed by atoms with Crippen molar-refractivity contribution in [3.8, 4) is 5.75 Å². The van der Waals surface area contributed by atoms with E-state index >= 15 is 0 Å². The van der Waals surface area contributed by atoms with E-state index in [0.717, 1.165) is 30.1 Å². The predicted molar refractivity (Wildman–Crippen MR) is 111 cm³/mol. The molecule has 3 nitrogen and oxygen atoms in total. The van der Waals surface area contributed by atoms with Crippen LogP contribution in [0.15, 0.2) is 48.5 Å². The third-order valence-corrected chi connectivity index (χ3v) is 8.51. The van der Waals surface area contributed by atoms with Crippen LogP contribution in [0.3, 0.4) is 0 Å². The minimum atomic E-state index is -0.619. The summed E-state index contributed by atoms with van der Waals surface area (Å²) in [6.45, 7) is 12.3. The Morgan fingerprint density at radius 3 is 2.31 bits per heavy atom. The molecule has 0 N–H and O–H groups in total. The number of anilines is 1. The molecule has 1 aliphatic rings. The summed E-state index contributed by atoms with van der Waals surface area (Å²) in [6.07, 6.45) is 0. The Balaban J connectivity index is 0.00000117. The zero-order chi connectivity index (χ0) is 19.1. The molecule has 3 rings (SSSR count). The van der Waals surface area contributed by atoms with Crippen LogP contribution in [0, 0.1) is 0 Å². The molecule has 2 aromatic carbocycles. The summed E-state index contributed by atoms with van der Waals surface area (Å²) in [6, 6.07) is 16.7. The predicted octanol–water partition coefficient (Wildman–Crippen LogP) is 4.40.